The van der Waals surface area contributed by atoms with Crippen molar-refractivity contribution < 1.29 is 39.1 Å². The molecule has 1 aliphatic rings. The summed E-state index contributed by atoms with van der Waals surface area (Å²) in [6.07, 6.45) is 1.41. The SMILES string of the molecule is O=C(O)CCOCCOCCOc1cc2c(O)c(C(=O)O)c(=O)n(C3CC3)c2cc1Cl. The first-order valence-electron chi connectivity index (χ1n) is 9.65. The van der Waals surface area contributed by atoms with Crippen molar-refractivity contribution in [3.63, 3.8) is 0 Å². The minimum Gasteiger partial charge on any atom is -0.506 e. The molecule has 1 saturated carbocycles. The van der Waals surface area contributed by atoms with Gasteiger partial charge in [0.05, 0.1) is 43.4 Å². The number of carbonyl (C=O) groups is 2. The van der Waals surface area contributed by atoms with Gasteiger partial charge in [0.25, 0.3) is 5.56 Å². The molecule has 1 aliphatic carbocycles. The zero-order chi connectivity index (χ0) is 22.5. The molecule has 1 fully saturated rings. The number of hydrogen-bond donors (Lipinski definition) is 3. The quantitative estimate of drug-likeness (QED) is 0.410. The first-order chi connectivity index (χ1) is 14.8. The number of rotatable bonds is 12. The van der Waals surface area contributed by atoms with Crippen LogP contribution in [0.15, 0.2) is 16.9 Å². The number of ether oxygens (including phenoxy) is 3. The van der Waals surface area contributed by atoms with Crippen LogP contribution >= 0.6 is 11.6 Å². The number of aliphatic carboxylic acids is 1. The molecule has 3 rings (SSSR count). The lowest BCUT2D eigenvalue weighted by molar-refractivity contribution is -0.138. The van der Waals surface area contributed by atoms with Gasteiger partial charge in [0.15, 0.2) is 5.56 Å². The van der Waals surface area contributed by atoms with Crippen LogP contribution in [-0.4, -0.2) is 64.9 Å². The predicted molar refractivity (Wildman–Crippen MR) is 109 cm³/mol. The number of benzene rings is 1. The second-order valence-electron chi connectivity index (χ2n) is 6.95. The highest BCUT2D eigenvalue weighted by Gasteiger charge is 2.31. The maximum Gasteiger partial charge on any atom is 0.345 e. The maximum atomic E-state index is 12.6. The Morgan fingerprint density at radius 1 is 1.06 bits per heavy atom. The Morgan fingerprint density at radius 3 is 2.32 bits per heavy atom. The normalized spacial score (nSPS) is 13.5. The highest BCUT2D eigenvalue weighted by Crippen LogP contribution is 2.41. The van der Waals surface area contributed by atoms with E-state index in [4.69, 9.17) is 30.9 Å². The van der Waals surface area contributed by atoms with Crippen LogP contribution in [0.4, 0.5) is 0 Å². The lowest BCUT2D eigenvalue weighted by Crippen LogP contribution is -2.26. The summed E-state index contributed by atoms with van der Waals surface area (Å²) >= 11 is 6.28. The lowest BCUT2D eigenvalue weighted by atomic mass is 10.1. The topological polar surface area (TPSA) is 145 Å². The smallest absolute Gasteiger partial charge is 0.345 e. The van der Waals surface area contributed by atoms with Crippen molar-refractivity contribution in [1.29, 1.82) is 0 Å². The summed E-state index contributed by atoms with van der Waals surface area (Å²) in [6, 6.07) is 2.77. The van der Waals surface area contributed by atoms with Gasteiger partial charge < -0.3 is 34.1 Å². The van der Waals surface area contributed by atoms with E-state index < -0.39 is 28.8 Å². The molecule has 1 heterocycles. The standard InChI is InChI=1S/C20H22ClNO9/c21-13-10-14-12(18(25)17(20(27)28)19(26)22(14)11-1-2-11)9-15(13)31-8-7-30-6-5-29-4-3-16(23)24/h9-11,25H,1-8H2,(H,23,24)(H,27,28). The molecule has 3 N–H and O–H groups in total. The van der Waals surface area contributed by atoms with Crippen molar-refractivity contribution in [1.82, 2.24) is 4.57 Å². The Labute approximate surface area is 181 Å². The fraction of sp³-hybridized carbons (Fsp3) is 0.450. The molecular formula is C20H22ClNO9. The maximum absolute atomic E-state index is 12.6. The van der Waals surface area contributed by atoms with E-state index in [1.54, 1.807) is 0 Å². The van der Waals surface area contributed by atoms with Crippen LogP contribution in [-0.2, 0) is 14.3 Å². The van der Waals surface area contributed by atoms with Gasteiger partial charge in [-0.3, -0.25) is 9.59 Å². The van der Waals surface area contributed by atoms with E-state index in [0.29, 0.717) is 5.52 Å². The van der Waals surface area contributed by atoms with Gasteiger partial charge in [-0.05, 0) is 25.0 Å². The summed E-state index contributed by atoms with van der Waals surface area (Å²) < 4.78 is 17.4. The van der Waals surface area contributed by atoms with Crippen LogP contribution in [0.2, 0.25) is 5.02 Å². The molecule has 1 aromatic heterocycles. The average Bonchev–Trinajstić information content (AvgIpc) is 3.52. The van der Waals surface area contributed by atoms with Crippen molar-refractivity contribution >= 4 is 34.4 Å². The summed E-state index contributed by atoms with van der Waals surface area (Å²) in [6.45, 7) is 0.925. The number of pyridine rings is 1. The number of aromatic hydroxyl groups is 1. The Bertz CT molecular complexity index is 1050. The summed E-state index contributed by atoms with van der Waals surface area (Å²) in [5.74, 6) is -2.85. The molecule has 1 aromatic carbocycles. The van der Waals surface area contributed by atoms with Gasteiger partial charge in [0.1, 0.15) is 18.1 Å². The van der Waals surface area contributed by atoms with E-state index in [1.807, 2.05) is 0 Å². The zero-order valence-corrected chi connectivity index (χ0v) is 17.3. The van der Waals surface area contributed by atoms with Crippen molar-refractivity contribution in [2.45, 2.75) is 25.3 Å². The Morgan fingerprint density at radius 2 is 1.71 bits per heavy atom. The van der Waals surface area contributed by atoms with Gasteiger partial charge in [0.2, 0.25) is 0 Å². The molecule has 2 aromatic rings. The molecule has 0 atom stereocenters. The molecule has 0 spiro atoms. The minimum absolute atomic E-state index is 0.0748. The van der Waals surface area contributed by atoms with E-state index in [2.05, 4.69) is 0 Å². The van der Waals surface area contributed by atoms with Gasteiger partial charge in [-0.25, -0.2) is 4.79 Å². The van der Waals surface area contributed by atoms with Crippen LogP contribution in [0.1, 0.15) is 35.7 Å². The number of fused-ring (bicyclic) bond motifs is 1. The van der Waals surface area contributed by atoms with Crippen molar-refractivity contribution in [2.75, 3.05) is 33.0 Å². The number of carboxylic acids is 2. The fourth-order valence-corrected chi connectivity index (χ4v) is 3.30. The molecule has 0 amide bonds. The molecule has 0 radical (unpaired) electrons. The van der Waals surface area contributed by atoms with Gasteiger partial charge in [-0.1, -0.05) is 11.6 Å². The molecule has 0 aliphatic heterocycles. The number of hydrogen-bond acceptors (Lipinski definition) is 7. The van der Waals surface area contributed by atoms with Gasteiger partial charge >= 0.3 is 11.9 Å². The molecule has 31 heavy (non-hydrogen) atoms. The molecular weight excluding hydrogens is 434 g/mol. The summed E-state index contributed by atoms with van der Waals surface area (Å²) in [7, 11) is 0. The molecule has 0 bridgehead atoms. The number of carboxylic acid groups (broad SMARTS) is 2. The molecule has 10 nitrogen and oxygen atoms in total. The monoisotopic (exact) mass is 455 g/mol. The zero-order valence-electron chi connectivity index (χ0n) is 16.5. The van der Waals surface area contributed by atoms with Gasteiger partial charge in [0, 0.05) is 11.4 Å². The predicted octanol–water partition coefficient (Wildman–Crippen LogP) is 2.28. The van der Waals surface area contributed by atoms with Gasteiger partial charge in [-0.15, -0.1) is 0 Å². The Kier molecular flexibility index (Phi) is 7.37. The Balaban J connectivity index is 1.67. The van der Waals surface area contributed by atoms with E-state index in [-0.39, 0.29) is 61.7 Å². The van der Waals surface area contributed by atoms with E-state index in [9.17, 15) is 24.6 Å². The number of aromatic nitrogens is 1. The van der Waals surface area contributed by atoms with E-state index in [0.717, 1.165) is 12.8 Å². The van der Waals surface area contributed by atoms with Crippen molar-refractivity contribution in [3.8, 4) is 11.5 Å². The molecule has 168 valence electrons. The Hall–Kier alpha value is -2.82. The van der Waals surface area contributed by atoms with Crippen molar-refractivity contribution in [2.24, 2.45) is 0 Å². The second kappa shape index (κ2) is 9.99. The number of aromatic carboxylic acids is 1. The van der Waals surface area contributed by atoms with Crippen LogP contribution in [0, 0.1) is 0 Å². The van der Waals surface area contributed by atoms with Gasteiger partial charge in [-0.2, -0.15) is 0 Å². The molecule has 11 heteroatoms. The third-order valence-electron chi connectivity index (χ3n) is 4.68. The van der Waals surface area contributed by atoms with Crippen LogP contribution in [0.5, 0.6) is 11.5 Å². The first-order valence-corrected chi connectivity index (χ1v) is 10.0. The van der Waals surface area contributed by atoms with Crippen LogP contribution in [0.3, 0.4) is 0 Å². The fourth-order valence-electron chi connectivity index (χ4n) is 3.09. The minimum atomic E-state index is -1.50. The second-order valence-corrected chi connectivity index (χ2v) is 7.36. The molecule has 0 saturated heterocycles. The first kappa shape index (κ1) is 22.9. The third kappa shape index (κ3) is 5.46. The van der Waals surface area contributed by atoms with Crippen LogP contribution in [0.25, 0.3) is 10.9 Å². The van der Waals surface area contributed by atoms with Crippen LogP contribution < -0.4 is 10.3 Å². The highest BCUT2D eigenvalue weighted by molar-refractivity contribution is 6.33. The van der Waals surface area contributed by atoms with Crippen molar-refractivity contribution in [3.05, 3.63) is 33.1 Å². The average molecular weight is 456 g/mol. The number of nitrogens with zero attached hydrogens (tertiary/aromatic N) is 1. The van der Waals surface area contributed by atoms with E-state index in [1.165, 1.54) is 16.7 Å². The summed E-state index contributed by atoms with van der Waals surface area (Å²) in [5.41, 5.74) is -1.09. The third-order valence-corrected chi connectivity index (χ3v) is 4.97. The number of halogens is 1. The largest absolute Gasteiger partial charge is 0.506 e. The lowest BCUT2D eigenvalue weighted by Gasteiger charge is -2.15. The van der Waals surface area contributed by atoms with E-state index >= 15 is 0 Å². The molecule has 0 unspecified atom stereocenters. The summed E-state index contributed by atoms with van der Waals surface area (Å²) in [4.78, 5) is 34.5. The summed E-state index contributed by atoms with van der Waals surface area (Å²) in [5, 5.41) is 28.7. The highest BCUT2D eigenvalue weighted by atomic mass is 35.5.